The number of hydrogen-bond acceptors (Lipinski definition) is 4. The zero-order valence-corrected chi connectivity index (χ0v) is 12.6. The molecule has 5 heteroatoms. The van der Waals surface area contributed by atoms with Crippen LogP contribution in [0, 0.1) is 0 Å². The van der Waals surface area contributed by atoms with Crippen LogP contribution in [0.2, 0.25) is 0 Å². The summed E-state index contributed by atoms with van der Waals surface area (Å²) in [6, 6.07) is 9.56. The lowest BCUT2D eigenvalue weighted by molar-refractivity contribution is -0.157. The van der Waals surface area contributed by atoms with E-state index in [-0.39, 0.29) is 6.10 Å². The van der Waals surface area contributed by atoms with Gasteiger partial charge in [0.05, 0.1) is 0 Å². The SMILES string of the molecule is O=C(O)C(CC1CC=NO1)(c1ccccc1)N1CCCCC1. The molecule has 118 valence electrons. The van der Waals surface area contributed by atoms with E-state index in [4.69, 9.17) is 4.84 Å². The lowest BCUT2D eigenvalue weighted by atomic mass is 9.81. The van der Waals surface area contributed by atoms with E-state index in [0.29, 0.717) is 12.8 Å². The lowest BCUT2D eigenvalue weighted by Crippen LogP contribution is -2.55. The van der Waals surface area contributed by atoms with Gasteiger partial charge in [0.25, 0.3) is 0 Å². The number of rotatable bonds is 5. The minimum absolute atomic E-state index is 0.168. The van der Waals surface area contributed by atoms with Crippen LogP contribution < -0.4 is 0 Å². The summed E-state index contributed by atoms with van der Waals surface area (Å²) in [7, 11) is 0. The van der Waals surface area contributed by atoms with Gasteiger partial charge in [-0.25, -0.2) is 4.79 Å². The Morgan fingerprint density at radius 3 is 2.59 bits per heavy atom. The molecule has 0 spiro atoms. The summed E-state index contributed by atoms with van der Waals surface area (Å²) in [5.41, 5.74) is -0.194. The summed E-state index contributed by atoms with van der Waals surface area (Å²) in [6.07, 6.45) is 5.91. The Kier molecular flexibility index (Phi) is 4.43. The summed E-state index contributed by atoms with van der Waals surface area (Å²) >= 11 is 0. The molecule has 2 unspecified atom stereocenters. The second kappa shape index (κ2) is 6.48. The van der Waals surface area contributed by atoms with Crippen molar-refractivity contribution < 1.29 is 14.7 Å². The highest BCUT2D eigenvalue weighted by atomic mass is 16.6. The second-order valence-corrected chi connectivity index (χ2v) is 6.03. The van der Waals surface area contributed by atoms with Gasteiger partial charge in [-0.1, -0.05) is 41.9 Å². The maximum atomic E-state index is 12.4. The van der Waals surface area contributed by atoms with Crippen molar-refractivity contribution in [2.45, 2.75) is 43.7 Å². The summed E-state index contributed by atoms with van der Waals surface area (Å²) in [5.74, 6) is -0.795. The van der Waals surface area contributed by atoms with E-state index in [1.54, 1.807) is 6.21 Å². The van der Waals surface area contributed by atoms with Crippen molar-refractivity contribution >= 4 is 12.2 Å². The molecule has 2 aliphatic heterocycles. The van der Waals surface area contributed by atoms with Crippen molar-refractivity contribution in [2.24, 2.45) is 5.16 Å². The van der Waals surface area contributed by atoms with Gasteiger partial charge in [0.15, 0.2) is 0 Å². The Balaban J connectivity index is 1.99. The molecular weight excluding hydrogens is 280 g/mol. The summed E-state index contributed by atoms with van der Waals surface area (Å²) in [4.78, 5) is 19.8. The first kappa shape index (κ1) is 15.0. The van der Waals surface area contributed by atoms with E-state index < -0.39 is 11.5 Å². The third kappa shape index (κ3) is 2.73. The van der Waals surface area contributed by atoms with Gasteiger partial charge in [-0.15, -0.1) is 0 Å². The minimum atomic E-state index is -1.03. The molecule has 0 saturated carbocycles. The number of oxime groups is 1. The Hall–Kier alpha value is -1.88. The van der Waals surface area contributed by atoms with Gasteiger partial charge in [0.2, 0.25) is 0 Å². The van der Waals surface area contributed by atoms with Crippen LogP contribution in [0.1, 0.15) is 37.7 Å². The fourth-order valence-corrected chi connectivity index (χ4v) is 3.55. The average molecular weight is 302 g/mol. The molecule has 1 saturated heterocycles. The average Bonchev–Trinajstić information content (AvgIpc) is 3.07. The molecule has 3 rings (SSSR count). The number of hydrogen-bond donors (Lipinski definition) is 1. The number of benzene rings is 1. The minimum Gasteiger partial charge on any atom is -0.480 e. The molecule has 1 aromatic rings. The first-order chi connectivity index (χ1) is 10.7. The van der Waals surface area contributed by atoms with Gasteiger partial charge >= 0.3 is 5.97 Å². The van der Waals surface area contributed by atoms with E-state index in [0.717, 1.165) is 31.5 Å². The van der Waals surface area contributed by atoms with E-state index >= 15 is 0 Å². The Morgan fingerprint density at radius 2 is 2.00 bits per heavy atom. The standard InChI is InChI=1S/C17H22N2O3/c20-16(21)17(13-15-9-10-18-22-15,14-7-3-1-4-8-14)19-11-5-2-6-12-19/h1,3-4,7-8,10,15H,2,5-6,9,11-13H2,(H,20,21). The highest BCUT2D eigenvalue weighted by Crippen LogP contribution is 2.37. The molecule has 0 aliphatic carbocycles. The molecule has 1 aromatic carbocycles. The van der Waals surface area contributed by atoms with E-state index in [1.165, 1.54) is 6.42 Å². The molecule has 2 heterocycles. The van der Waals surface area contributed by atoms with Crippen LogP contribution in [0.5, 0.6) is 0 Å². The molecule has 5 nitrogen and oxygen atoms in total. The Labute approximate surface area is 130 Å². The molecule has 2 aliphatic rings. The smallest absolute Gasteiger partial charge is 0.328 e. The van der Waals surface area contributed by atoms with Crippen molar-refractivity contribution in [3.8, 4) is 0 Å². The summed E-state index contributed by atoms with van der Waals surface area (Å²) in [5, 5.41) is 14.0. The van der Waals surface area contributed by atoms with Crippen LogP contribution in [0.25, 0.3) is 0 Å². The Bertz CT molecular complexity index is 532. The van der Waals surface area contributed by atoms with E-state index in [9.17, 15) is 9.90 Å². The van der Waals surface area contributed by atoms with Gasteiger partial charge in [0, 0.05) is 19.1 Å². The highest BCUT2D eigenvalue weighted by Gasteiger charge is 2.48. The number of nitrogens with zero attached hydrogens (tertiary/aromatic N) is 2. The number of aliphatic carboxylic acids is 1. The summed E-state index contributed by atoms with van der Waals surface area (Å²) in [6.45, 7) is 1.63. The van der Waals surface area contributed by atoms with Crippen LogP contribution in [0.3, 0.4) is 0 Å². The second-order valence-electron chi connectivity index (χ2n) is 6.03. The van der Waals surface area contributed by atoms with Crippen LogP contribution in [-0.2, 0) is 15.2 Å². The molecule has 0 amide bonds. The summed E-state index contributed by atoms with van der Waals surface area (Å²) < 4.78 is 0. The molecule has 0 radical (unpaired) electrons. The van der Waals surface area contributed by atoms with Crippen LogP contribution in [0.4, 0.5) is 0 Å². The monoisotopic (exact) mass is 302 g/mol. The molecule has 1 N–H and O–H groups in total. The predicted octanol–water partition coefficient (Wildman–Crippen LogP) is 2.62. The molecule has 1 fully saturated rings. The van der Waals surface area contributed by atoms with Crippen molar-refractivity contribution in [2.75, 3.05) is 13.1 Å². The van der Waals surface area contributed by atoms with Crippen molar-refractivity contribution in [3.63, 3.8) is 0 Å². The number of carbonyl (C=O) groups is 1. The van der Waals surface area contributed by atoms with Crippen molar-refractivity contribution in [1.82, 2.24) is 4.90 Å². The maximum absolute atomic E-state index is 12.4. The van der Waals surface area contributed by atoms with Crippen LogP contribution in [-0.4, -0.2) is 41.4 Å². The zero-order chi connectivity index (χ0) is 15.4. The molecular formula is C17H22N2O3. The quantitative estimate of drug-likeness (QED) is 0.908. The first-order valence-electron chi connectivity index (χ1n) is 7.95. The van der Waals surface area contributed by atoms with Gasteiger partial charge < -0.3 is 9.94 Å². The normalized spacial score (nSPS) is 24.6. The largest absolute Gasteiger partial charge is 0.480 e. The number of carboxylic acid groups (broad SMARTS) is 1. The lowest BCUT2D eigenvalue weighted by Gasteiger charge is -2.43. The molecule has 0 aromatic heterocycles. The zero-order valence-electron chi connectivity index (χ0n) is 12.6. The predicted molar refractivity (Wildman–Crippen MR) is 83.8 cm³/mol. The van der Waals surface area contributed by atoms with Gasteiger partial charge in [-0.3, -0.25) is 4.90 Å². The fraction of sp³-hybridized carbons (Fsp3) is 0.529. The Morgan fingerprint density at radius 1 is 1.27 bits per heavy atom. The van der Waals surface area contributed by atoms with Crippen molar-refractivity contribution in [1.29, 1.82) is 0 Å². The van der Waals surface area contributed by atoms with E-state index in [2.05, 4.69) is 10.1 Å². The highest BCUT2D eigenvalue weighted by molar-refractivity contribution is 5.81. The third-order valence-electron chi connectivity index (χ3n) is 4.68. The van der Waals surface area contributed by atoms with E-state index in [1.807, 2.05) is 30.3 Å². The molecule has 22 heavy (non-hydrogen) atoms. The molecule has 2 atom stereocenters. The maximum Gasteiger partial charge on any atom is 0.328 e. The topological polar surface area (TPSA) is 62.1 Å². The number of likely N-dealkylation sites (tertiary alicyclic amines) is 1. The van der Waals surface area contributed by atoms with Gasteiger partial charge in [0.1, 0.15) is 11.6 Å². The van der Waals surface area contributed by atoms with Crippen LogP contribution in [0.15, 0.2) is 35.5 Å². The molecule has 0 bridgehead atoms. The van der Waals surface area contributed by atoms with Crippen molar-refractivity contribution in [3.05, 3.63) is 35.9 Å². The third-order valence-corrected chi connectivity index (χ3v) is 4.68. The number of piperidine rings is 1. The van der Waals surface area contributed by atoms with Crippen LogP contribution >= 0.6 is 0 Å². The number of carboxylic acids is 1. The van der Waals surface area contributed by atoms with Gasteiger partial charge in [-0.05, 0) is 31.5 Å². The fourth-order valence-electron chi connectivity index (χ4n) is 3.55. The first-order valence-corrected chi connectivity index (χ1v) is 7.95. The van der Waals surface area contributed by atoms with Gasteiger partial charge in [-0.2, -0.15) is 0 Å².